The monoisotopic (exact) mass is 156 g/mol. The Labute approximate surface area is 70.1 Å². The predicted molar refractivity (Wildman–Crippen MR) is 47.6 cm³/mol. The van der Waals surface area contributed by atoms with Crippen molar-refractivity contribution in [1.29, 1.82) is 0 Å². The molecule has 1 fully saturated rings. The molecule has 1 saturated heterocycles. The van der Waals surface area contributed by atoms with Gasteiger partial charge in [0.2, 0.25) is 0 Å². The summed E-state index contributed by atoms with van der Waals surface area (Å²) < 4.78 is 5.62. The highest BCUT2D eigenvalue weighted by atomic mass is 16.6. The van der Waals surface area contributed by atoms with Gasteiger partial charge in [-0.05, 0) is 25.7 Å². The third-order valence-corrected chi connectivity index (χ3v) is 3.36. The molecule has 0 aromatic heterocycles. The summed E-state index contributed by atoms with van der Waals surface area (Å²) in [5.41, 5.74) is 0.504. The van der Waals surface area contributed by atoms with Crippen LogP contribution < -0.4 is 0 Å². The molecule has 1 heterocycles. The molecule has 11 heavy (non-hydrogen) atoms. The van der Waals surface area contributed by atoms with Crippen molar-refractivity contribution < 1.29 is 4.74 Å². The van der Waals surface area contributed by atoms with Crippen LogP contribution >= 0.6 is 0 Å². The van der Waals surface area contributed by atoms with Crippen LogP contribution in [0.4, 0.5) is 0 Å². The molecule has 0 spiro atoms. The smallest absolute Gasteiger partial charge is 0.0968 e. The maximum atomic E-state index is 5.62. The first-order valence-corrected chi connectivity index (χ1v) is 4.62. The average Bonchev–Trinajstić information content (AvgIpc) is 2.42. The lowest BCUT2D eigenvalue weighted by Crippen LogP contribution is -2.31. The molecule has 1 aliphatic rings. The average molecular weight is 156 g/mol. The van der Waals surface area contributed by atoms with Crippen LogP contribution in [0, 0.1) is 5.41 Å². The Bertz CT molecular complexity index is 151. The van der Waals surface area contributed by atoms with Crippen molar-refractivity contribution in [3.8, 4) is 0 Å². The quantitative estimate of drug-likeness (QED) is 0.572. The summed E-state index contributed by atoms with van der Waals surface area (Å²) in [7, 11) is 0. The van der Waals surface area contributed by atoms with Crippen LogP contribution in [-0.2, 0) is 4.74 Å². The van der Waals surface area contributed by atoms with Crippen LogP contribution in [0.25, 0.3) is 0 Å². The molecule has 0 aromatic rings. The van der Waals surface area contributed by atoms with E-state index >= 15 is 0 Å². The lowest BCUT2D eigenvalue weighted by atomic mass is 9.74. The molecular weight excluding hydrogens is 136 g/mol. The van der Waals surface area contributed by atoms with E-state index in [1.54, 1.807) is 0 Å². The Morgan fingerprint density at radius 2 is 1.91 bits per heavy atom. The van der Waals surface area contributed by atoms with Gasteiger partial charge in [0.1, 0.15) is 0 Å². The van der Waals surface area contributed by atoms with Gasteiger partial charge in [0.15, 0.2) is 0 Å². The standard InChI is InChI=1S/C10H20O/c1-6-7-9(3,4)10(5)8(2)11-10/h8H,6-7H2,1-5H3. The number of hydrogen-bond donors (Lipinski definition) is 0. The van der Waals surface area contributed by atoms with E-state index in [2.05, 4.69) is 34.6 Å². The molecule has 1 nitrogen and oxygen atoms in total. The zero-order chi connectivity index (χ0) is 8.70. The van der Waals surface area contributed by atoms with Gasteiger partial charge in [-0.25, -0.2) is 0 Å². The minimum atomic E-state index is 0.156. The van der Waals surface area contributed by atoms with Gasteiger partial charge >= 0.3 is 0 Å². The van der Waals surface area contributed by atoms with Gasteiger partial charge in [-0.1, -0.05) is 27.2 Å². The highest BCUT2D eigenvalue weighted by Gasteiger charge is 2.58. The van der Waals surface area contributed by atoms with Gasteiger partial charge in [-0.2, -0.15) is 0 Å². The number of epoxide rings is 1. The van der Waals surface area contributed by atoms with Crippen LogP contribution in [0.3, 0.4) is 0 Å². The van der Waals surface area contributed by atoms with E-state index in [1.165, 1.54) is 12.8 Å². The molecule has 2 unspecified atom stereocenters. The SMILES string of the molecule is CCCC(C)(C)C1(C)OC1C. The fourth-order valence-electron chi connectivity index (χ4n) is 1.92. The molecular formula is C10H20O. The van der Waals surface area contributed by atoms with Crippen LogP contribution in [-0.4, -0.2) is 11.7 Å². The third-order valence-electron chi connectivity index (χ3n) is 3.36. The summed E-state index contributed by atoms with van der Waals surface area (Å²) in [6.45, 7) is 11.2. The van der Waals surface area contributed by atoms with E-state index in [-0.39, 0.29) is 5.60 Å². The highest BCUT2D eigenvalue weighted by molar-refractivity contribution is 5.06. The second-order valence-electron chi connectivity index (χ2n) is 4.50. The second-order valence-corrected chi connectivity index (χ2v) is 4.50. The first kappa shape index (κ1) is 9.05. The first-order chi connectivity index (χ1) is 4.94. The van der Waals surface area contributed by atoms with Crippen LogP contribution in [0.5, 0.6) is 0 Å². The maximum absolute atomic E-state index is 5.62. The largest absolute Gasteiger partial charge is 0.366 e. The third kappa shape index (κ3) is 1.31. The van der Waals surface area contributed by atoms with E-state index in [4.69, 9.17) is 4.74 Å². The minimum absolute atomic E-state index is 0.156. The predicted octanol–water partition coefficient (Wildman–Crippen LogP) is 2.99. The summed E-state index contributed by atoms with van der Waals surface area (Å²) in [6.07, 6.45) is 2.97. The van der Waals surface area contributed by atoms with E-state index in [9.17, 15) is 0 Å². The summed E-state index contributed by atoms with van der Waals surface area (Å²) in [6, 6.07) is 0. The zero-order valence-electron chi connectivity index (χ0n) is 8.40. The molecule has 0 radical (unpaired) electrons. The molecule has 0 aliphatic carbocycles. The number of hydrogen-bond acceptors (Lipinski definition) is 1. The van der Waals surface area contributed by atoms with Crippen LogP contribution in [0.1, 0.15) is 47.5 Å². The Morgan fingerprint density at radius 3 is 2.18 bits per heavy atom. The molecule has 0 amide bonds. The van der Waals surface area contributed by atoms with Gasteiger partial charge in [0, 0.05) is 0 Å². The molecule has 0 aromatic carbocycles. The summed E-state index contributed by atoms with van der Waals surface area (Å²) in [5.74, 6) is 0. The normalized spacial score (nSPS) is 37.4. The zero-order valence-corrected chi connectivity index (χ0v) is 8.40. The molecule has 0 N–H and O–H groups in total. The second kappa shape index (κ2) is 2.48. The fourth-order valence-corrected chi connectivity index (χ4v) is 1.92. The lowest BCUT2D eigenvalue weighted by molar-refractivity contribution is 0.141. The van der Waals surface area contributed by atoms with Crippen molar-refractivity contribution in [1.82, 2.24) is 0 Å². The summed E-state index contributed by atoms with van der Waals surface area (Å²) in [5, 5.41) is 0. The summed E-state index contributed by atoms with van der Waals surface area (Å²) in [4.78, 5) is 0. The Morgan fingerprint density at radius 1 is 1.45 bits per heavy atom. The number of rotatable bonds is 3. The summed E-state index contributed by atoms with van der Waals surface area (Å²) >= 11 is 0. The fraction of sp³-hybridized carbons (Fsp3) is 1.00. The maximum Gasteiger partial charge on any atom is 0.0968 e. The van der Waals surface area contributed by atoms with E-state index in [0.717, 1.165) is 0 Å². The van der Waals surface area contributed by atoms with Crippen molar-refractivity contribution >= 4 is 0 Å². The van der Waals surface area contributed by atoms with E-state index in [0.29, 0.717) is 11.5 Å². The van der Waals surface area contributed by atoms with Gasteiger partial charge < -0.3 is 4.74 Å². The van der Waals surface area contributed by atoms with Gasteiger partial charge in [0.25, 0.3) is 0 Å². The molecule has 1 rings (SSSR count). The molecule has 2 atom stereocenters. The van der Waals surface area contributed by atoms with Crippen molar-refractivity contribution in [3.05, 3.63) is 0 Å². The van der Waals surface area contributed by atoms with Crippen molar-refractivity contribution in [2.45, 2.75) is 59.2 Å². The van der Waals surface area contributed by atoms with Gasteiger partial charge in [-0.15, -0.1) is 0 Å². The molecule has 1 heteroatoms. The van der Waals surface area contributed by atoms with Crippen LogP contribution in [0.2, 0.25) is 0 Å². The number of ether oxygens (including phenoxy) is 1. The Balaban J connectivity index is 2.58. The topological polar surface area (TPSA) is 12.5 Å². The Hall–Kier alpha value is -0.0400. The minimum Gasteiger partial charge on any atom is -0.366 e. The Kier molecular flexibility index (Phi) is 2.04. The van der Waals surface area contributed by atoms with Gasteiger partial charge in [-0.3, -0.25) is 0 Å². The van der Waals surface area contributed by atoms with Gasteiger partial charge in [0.05, 0.1) is 11.7 Å². The highest BCUT2D eigenvalue weighted by Crippen LogP contribution is 2.51. The lowest BCUT2D eigenvalue weighted by Gasteiger charge is -2.29. The van der Waals surface area contributed by atoms with E-state index < -0.39 is 0 Å². The van der Waals surface area contributed by atoms with Crippen LogP contribution in [0.15, 0.2) is 0 Å². The van der Waals surface area contributed by atoms with Crippen molar-refractivity contribution in [2.75, 3.05) is 0 Å². The van der Waals surface area contributed by atoms with Crippen molar-refractivity contribution in [2.24, 2.45) is 5.41 Å². The van der Waals surface area contributed by atoms with Crippen molar-refractivity contribution in [3.63, 3.8) is 0 Å². The van der Waals surface area contributed by atoms with E-state index in [1.807, 2.05) is 0 Å². The first-order valence-electron chi connectivity index (χ1n) is 4.62. The molecule has 0 saturated carbocycles. The molecule has 1 aliphatic heterocycles. The molecule has 0 bridgehead atoms. The molecule has 66 valence electrons.